The molecule has 0 spiro atoms. The van der Waals surface area contributed by atoms with E-state index in [2.05, 4.69) is 33.2 Å². The summed E-state index contributed by atoms with van der Waals surface area (Å²) in [6.45, 7) is -0.168. The van der Waals surface area contributed by atoms with Gasteiger partial charge in [-0.25, -0.2) is 4.79 Å². The number of carbonyl (C=O) groups excluding carboxylic acids is 2. The van der Waals surface area contributed by atoms with Crippen LogP contribution in [0.25, 0.3) is 0 Å². The fraction of sp³-hybridized carbons (Fsp3) is 0.467. The maximum absolute atomic E-state index is 11.7. The maximum atomic E-state index is 11.7. The lowest BCUT2D eigenvalue weighted by atomic mass is 9.96. The van der Waals surface area contributed by atoms with E-state index in [4.69, 9.17) is 4.74 Å². The Morgan fingerprint density at radius 2 is 2.00 bits per heavy atom. The molecule has 0 aliphatic heterocycles. The van der Waals surface area contributed by atoms with Crippen molar-refractivity contribution < 1.29 is 14.3 Å². The number of hydrogen-bond donors (Lipinski definition) is 2. The van der Waals surface area contributed by atoms with E-state index in [-0.39, 0.29) is 12.6 Å². The molecule has 0 radical (unpaired) electrons. The molecular formula is C15H19IN2O3. The molecule has 2 rings (SSSR count). The number of rotatable bonds is 4. The molecule has 1 aromatic carbocycles. The molecule has 0 heterocycles. The SMILES string of the molecule is O=C(COc1cccc(I)c1)NC(=O)NC1CCCCC1. The first-order valence-electron chi connectivity index (χ1n) is 7.12. The van der Waals surface area contributed by atoms with Crippen LogP contribution in [0.2, 0.25) is 0 Å². The predicted molar refractivity (Wildman–Crippen MR) is 88.2 cm³/mol. The molecule has 3 amide bonds. The average Bonchev–Trinajstić information content (AvgIpc) is 2.46. The highest BCUT2D eigenvalue weighted by Gasteiger charge is 2.16. The molecule has 21 heavy (non-hydrogen) atoms. The Kier molecular flexibility index (Phi) is 6.28. The molecule has 0 atom stereocenters. The number of halogens is 1. The minimum atomic E-state index is -0.442. The highest BCUT2D eigenvalue weighted by atomic mass is 127. The van der Waals surface area contributed by atoms with Gasteiger partial charge in [0.15, 0.2) is 6.61 Å². The highest BCUT2D eigenvalue weighted by Crippen LogP contribution is 2.17. The molecule has 0 aromatic heterocycles. The molecule has 1 aromatic rings. The van der Waals surface area contributed by atoms with Gasteiger partial charge in [-0.15, -0.1) is 0 Å². The molecule has 0 unspecified atom stereocenters. The van der Waals surface area contributed by atoms with Crippen molar-refractivity contribution in [3.63, 3.8) is 0 Å². The van der Waals surface area contributed by atoms with Crippen molar-refractivity contribution in [3.05, 3.63) is 27.8 Å². The Morgan fingerprint density at radius 1 is 1.24 bits per heavy atom. The topological polar surface area (TPSA) is 67.4 Å². The van der Waals surface area contributed by atoms with Crippen molar-refractivity contribution in [2.75, 3.05) is 6.61 Å². The number of benzene rings is 1. The summed E-state index contributed by atoms with van der Waals surface area (Å²) in [4.78, 5) is 23.3. The number of urea groups is 1. The van der Waals surface area contributed by atoms with Gasteiger partial charge in [0.05, 0.1) is 0 Å². The Labute approximate surface area is 138 Å². The van der Waals surface area contributed by atoms with Crippen molar-refractivity contribution in [3.8, 4) is 5.75 Å². The number of amides is 3. The molecule has 1 aliphatic rings. The van der Waals surface area contributed by atoms with Crippen molar-refractivity contribution in [1.82, 2.24) is 10.6 Å². The molecule has 1 aliphatic carbocycles. The lowest BCUT2D eigenvalue weighted by Crippen LogP contribution is -2.46. The first kappa shape index (κ1) is 16.1. The second kappa shape index (κ2) is 8.21. The van der Waals surface area contributed by atoms with Crippen LogP contribution < -0.4 is 15.4 Å². The molecule has 114 valence electrons. The normalized spacial score (nSPS) is 15.3. The zero-order valence-electron chi connectivity index (χ0n) is 11.7. The van der Waals surface area contributed by atoms with Gasteiger partial charge >= 0.3 is 6.03 Å². The first-order valence-corrected chi connectivity index (χ1v) is 8.20. The first-order chi connectivity index (χ1) is 10.1. The van der Waals surface area contributed by atoms with E-state index < -0.39 is 11.9 Å². The minimum absolute atomic E-state index is 0.168. The minimum Gasteiger partial charge on any atom is -0.484 e. The fourth-order valence-corrected chi connectivity index (χ4v) is 2.85. The number of hydrogen-bond acceptors (Lipinski definition) is 3. The second-order valence-corrected chi connectivity index (χ2v) is 6.35. The fourth-order valence-electron chi connectivity index (χ4n) is 2.34. The summed E-state index contributed by atoms with van der Waals surface area (Å²) in [6, 6.07) is 7.14. The van der Waals surface area contributed by atoms with Crippen molar-refractivity contribution >= 4 is 34.5 Å². The molecule has 1 saturated carbocycles. The van der Waals surface area contributed by atoms with E-state index in [9.17, 15) is 9.59 Å². The molecule has 0 saturated heterocycles. The molecular weight excluding hydrogens is 383 g/mol. The summed E-state index contributed by atoms with van der Waals surface area (Å²) in [7, 11) is 0. The van der Waals surface area contributed by atoms with Crippen LogP contribution in [-0.4, -0.2) is 24.6 Å². The van der Waals surface area contributed by atoms with E-state index >= 15 is 0 Å². The molecule has 2 N–H and O–H groups in total. The Hall–Kier alpha value is -1.31. The summed E-state index contributed by atoms with van der Waals surface area (Å²) in [5, 5.41) is 5.13. The van der Waals surface area contributed by atoms with Crippen LogP contribution in [0, 0.1) is 3.57 Å². The predicted octanol–water partition coefficient (Wildman–Crippen LogP) is 2.83. The maximum Gasteiger partial charge on any atom is 0.321 e. The van der Waals surface area contributed by atoms with Crippen LogP contribution >= 0.6 is 22.6 Å². The van der Waals surface area contributed by atoms with Crippen LogP contribution in [0.5, 0.6) is 5.75 Å². The van der Waals surface area contributed by atoms with Crippen LogP contribution in [0.4, 0.5) is 4.79 Å². The third-order valence-corrected chi connectivity index (χ3v) is 4.03. The van der Waals surface area contributed by atoms with E-state index in [1.54, 1.807) is 6.07 Å². The number of carbonyl (C=O) groups is 2. The van der Waals surface area contributed by atoms with Gasteiger partial charge in [0.25, 0.3) is 5.91 Å². The van der Waals surface area contributed by atoms with Gasteiger partial charge < -0.3 is 10.1 Å². The van der Waals surface area contributed by atoms with E-state index in [1.807, 2.05) is 18.2 Å². The lowest BCUT2D eigenvalue weighted by molar-refractivity contribution is -0.122. The van der Waals surface area contributed by atoms with Crippen molar-refractivity contribution in [2.45, 2.75) is 38.1 Å². The number of imide groups is 1. The summed E-state index contributed by atoms with van der Waals surface area (Å²) < 4.78 is 6.37. The standard InChI is InChI=1S/C15H19IN2O3/c16-11-5-4-8-13(9-11)21-10-14(19)18-15(20)17-12-6-2-1-3-7-12/h4-5,8-9,12H,1-3,6-7,10H2,(H2,17,18,19,20). The summed E-state index contributed by atoms with van der Waals surface area (Å²) in [5.74, 6) is 0.173. The van der Waals surface area contributed by atoms with Crippen LogP contribution in [0.3, 0.4) is 0 Å². The van der Waals surface area contributed by atoms with E-state index in [0.717, 1.165) is 29.3 Å². The van der Waals surface area contributed by atoms with Crippen molar-refractivity contribution in [2.24, 2.45) is 0 Å². The van der Waals surface area contributed by atoms with Crippen LogP contribution in [-0.2, 0) is 4.79 Å². The monoisotopic (exact) mass is 402 g/mol. The van der Waals surface area contributed by atoms with E-state index in [0.29, 0.717) is 5.75 Å². The Balaban J connectivity index is 1.70. The van der Waals surface area contributed by atoms with Crippen LogP contribution in [0.1, 0.15) is 32.1 Å². The Bertz CT molecular complexity index is 501. The van der Waals surface area contributed by atoms with Crippen molar-refractivity contribution in [1.29, 1.82) is 0 Å². The van der Waals surface area contributed by atoms with Gasteiger partial charge in [0.1, 0.15) is 5.75 Å². The zero-order chi connectivity index (χ0) is 15.1. The smallest absolute Gasteiger partial charge is 0.321 e. The second-order valence-electron chi connectivity index (χ2n) is 5.10. The summed E-state index contributed by atoms with van der Waals surface area (Å²) in [5.41, 5.74) is 0. The van der Waals surface area contributed by atoms with E-state index in [1.165, 1.54) is 6.42 Å². The Morgan fingerprint density at radius 3 is 2.71 bits per heavy atom. The zero-order valence-corrected chi connectivity index (χ0v) is 13.9. The van der Waals surface area contributed by atoms with Gasteiger partial charge in [0.2, 0.25) is 0 Å². The summed E-state index contributed by atoms with van der Waals surface area (Å²) >= 11 is 2.17. The molecule has 5 nitrogen and oxygen atoms in total. The van der Waals surface area contributed by atoms with Gasteiger partial charge in [0, 0.05) is 9.61 Å². The number of nitrogens with one attached hydrogen (secondary N) is 2. The summed E-state index contributed by atoms with van der Waals surface area (Å²) in [6.07, 6.45) is 5.47. The average molecular weight is 402 g/mol. The largest absolute Gasteiger partial charge is 0.484 e. The number of ether oxygens (including phenoxy) is 1. The quantitative estimate of drug-likeness (QED) is 0.762. The molecule has 1 fully saturated rings. The van der Waals surface area contributed by atoms with Gasteiger partial charge in [-0.05, 0) is 53.6 Å². The third kappa shape index (κ3) is 5.91. The van der Waals surface area contributed by atoms with Gasteiger partial charge in [-0.2, -0.15) is 0 Å². The van der Waals surface area contributed by atoms with Gasteiger partial charge in [-0.3, -0.25) is 10.1 Å². The third-order valence-electron chi connectivity index (χ3n) is 3.36. The lowest BCUT2D eigenvalue weighted by Gasteiger charge is -2.22. The van der Waals surface area contributed by atoms with Crippen LogP contribution in [0.15, 0.2) is 24.3 Å². The molecule has 6 heteroatoms. The highest BCUT2D eigenvalue weighted by molar-refractivity contribution is 14.1. The van der Waals surface area contributed by atoms with Gasteiger partial charge in [-0.1, -0.05) is 25.3 Å². The molecule has 0 bridgehead atoms.